The van der Waals surface area contributed by atoms with E-state index < -0.39 is 0 Å². The average molecular weight is 246 g/mol. The Labute approximate surface area is 106 Å². The molecular weight excluding hydrogens is 216 g/mol. The van der Waals surface area contributed by atoms with Gasteiger partial charge in [0.25, 0.3) is 0 Å². The summed E-state index contributed by atoms with van der Waals surface area (Å²) in [5.41, 5.74) is 6.16. The second kappa shape index (κ2) is 9.83. The van der Waals surface area contributed by atoms with Crippen LogP contribution in [-0.4, -0.2) is 57.5 Å². The number of rotatable bonds is 10. The second-order valence-electron chi connectivity index (χ2n) is 5.18. The Hall–Kier alpha value is -0.160. The van der Waals surface area contributed by atoms with E-state index in [4.69, 9.17) is 15.2 Å². The summed E-state index contributed by atoms with van der Waals surface area (Å²) in [6.07, 6.45) is 1.06. The highest BCUT2D eigenvalue weighted by Crippen LogP contribution is 2.07. The van der Waals surface area contributed by atoms with E-state index >= 15 is 0 Å². The molecule has 0 aromatic carbocycles. The molecule has 0 saturated heterocycles. The quantitative estimate of drug-likeness (QED) is 0.632. The van der Waals surface area contributed by atoms with Crippen LogP contribution in [0.1, 0.15) is 27.2 Å². The molecule has 17 heavy (non-hydrogen) atoms. The normalized spacial score (nSPS) is 15.5. The van der Waals surface area contributed by atoms with Crippen molar-refractivity contribution in [1.82, 2.24) is 4.90 Å². The number of nitrogens with two attached hydrogens (primary N) is 1. The Balaban J connectivity index is 4.16. The Morgan fingerprint density at radius 1 is 1.12 bits per heavy atom. The summed E-state index contributed by atoms with van der Waals surface area (Å²) in [4.78, 5) is 2.35. The first-order valence-corrected chi connectivity index (χ1v) is 6.48. The minimum Gasteiger partial charge on any atom is -0.383 e. The number of ether oxygens (including phenoxy) is 2. The fourth-order valence-corrected chi connectivity index (χ4v) is 2.03. The minimum atomic E-state index is 0.228. The molecular formula is C13H30N2O2. The van der Waals surface area contributed by atoms with Gasteiger partial charge in [-0.25, -0.2) is 0 Å². The fourth-order valence-electron chi connectivity index (χ4n) is 2.03. The Bertz CT molecular complexity index is 177. The van der Waals surface area contributed by atoms with Crippen molar-refractivity contribution < 1.29 is 9.47 Å². The van der Waals surface area contributed by atoms with E-state index in [-0.39, 0.29) is 6.04 Å². The predicted molar refractivity (Wildman–Crippen MR) is 72.2 cm³/mol. The molecule has 0 aromatic rings. The lowest BCUT2D eigenvalue weighted by Gasteiger charge is -2.31. The van der Waals surface area contributed by atoms with Crippen molar-refractivity contribution in [2.24, 2.45) is 11.7 Å². The first kappa shape index (κ1) is 16.8. The Morgan fingerprint density at radius 3 is 2.24 bits per heavy atom. The van der Waals surface area contributed by atoms with Crippen LogP contribution in [0.3, 0.4) is 0 Å². The van der Waals surface area contributed by atoms with E-state index in [0.29, 0.717) is 12.0 Å². The summed E-state index contributed by atoms with van der Waals surface area (Å²) in [7, 11) is 3.46. The highest BCUT2D eigenvalue weighted by atomic mass is 16.5. The van der Waals surface area contributed by atoms with E-state index in [0.717, 1.165) is 32.7 Å². The van der Waals surface area contributed by atoms with Crippen LogP contribution in [0, 0.1) is 5.92 Å². The first-order valence-electron chi connectivity index (χ1n) is 6.48. The second-order valence-corrected chi connectivity index (χ2v) is 5.18. The first-order chi connectivity index (χ1) is 8.01. The molecule has 0 radical (unpaired) electrons. The van der Waals surface area contributed by atoms with E-state index in [2.05, 4.69) is 25.7 Å². The Morgan fingerprint density at radius 2 is 1.76 bits per heavy atom. The van der Waals surface area contributed by atoms with Crippen LogP contribution in [-0.2, 0) is 9.47 Å². The SMILES string of the molecule is COCCN(CC(N)CC(C)C)C(C)COC. The van der Waals surface area contributed by atoms with Crippen molar-refractivity contribution in [3.63, 3.8) is 0 Å². The zero-order valence-electron chi connectivity index (χ0n) is 12.1. The summed E-state index contributed by atoms with van der Waals surface area (Å²) >= 11 is 0. The lowest BCUT2D eigenvalue weighted by Crippen LogP contribution is -2.45. The summed E-state index contributed by atoms with van der Waals surface area (Å²) in [5.74, 6) is 0.645. The van der Waals surface area contributed by atoms with Gasteiger partial charge in [0, 0.05) is 39.4 Å². The van der Waals surface area contributed by atoms with Gasteiger partial charge in [0.15, 0.2) is 0 Å². The van der Waals surface area contributed by atoms with Gasteiger partial charge in [-0.05, 0) is 19.3 Å². The maximum atomic E-state index is 6.16. The molecule has 0 spiro atoms. The summed E-state index contributed by atoms with van der Waals surface area (Å²) < 4.78 is 10.3. The molecule has 0 saturated carbocycles. The molecule has 2 unspecified atom stereocenters. The highest BCUT2D eigenvalue weighted by Gasteiger charge is 2.17. The number of hydrogen-bond acceptors (Lipinski definition) is 4. The number of hydrogen-bond donors (Lipinski definition) is 1. The molecule has 4 heteroatoms. The van der Waals surface area contributed by atoms with Gasteiger partial charge in [0.1, 0.15) is 0 Å². The zero-order chi connectivity index (χ0) is 13.3. The monoisotopic (exact) mass is 246 g/mol. The lowest BCUT2D eigenvalue weighted by atomic mass is 10.0. The molecule has 104 valence electrons. The maximum Gasteiger partial charge on any atom is 0.0615 e. The van der Waals surface area contributed by atoms with Crippen molar-refractivity contribution in [2.45, 2.75) is 39.3 Å². The van der Waals surface area contributed by atoms with Crippen molar-refractivity contribution in [2.75, 3.05) is 40.5 Å². The molecule has 0 amide bonds. The number of nitrogens with zero attached hydrogens (tertiary/aromatic N) is 1. The molecule has 0 rings (SSSR count). The minimum absolute atomic E-state index is 0.228. The lowest BCUT2D eigenvalue weighted by molar-refractivity contribution is 0.0701. The molecule has 0 fully saturated rings. The Kier molecular flexibility index (Phi) is 9.74. The summed E-state index contributed by atoms with van der Waals surface area (Å²) in [6.45, 7) is 9.87. The van der Waals surface area contributed by atoms with Gasteiger partial charge in [-0.3, -0.25) is 4.90 Å². The van der Waals surface area contributed by atoms with Gasteiger partial charge in [0.05, 0.1) is 13.2 Å². The fraction of sp³-hybridized carbons (Fsp3) is 1.00. The van der Waals surface area contributed by atoms with Crippen LogP contribution in [0.15, 0.2) is 0 Å². The van der Waals surface area contributed by atoms with Crippen LogP contribution in [0.2, 0.25) is 0 Å². The van der Waals surface area contributed by atoms with Gasteiger partial charge in [-0.15, -0.1) is 0 Å². The topological polar surface area (TPSA) is 47.7 Å². The maximum absolute atomic E-state index is 6.16. The van der Waals surface area contributed by atoms with Crippen LogP contribution in [0.5, 0.6) is 0 Å². The third-order valence-electron chi connectivity index (χ3n) is 2.86. The molecule has 0 bridgehead atoms. The van der Waals surface area contributed by atoms with Crippen LogP contribution in [0.25, 0.3) is 0 Å². The van der Waals surface area contributed by atoms with Crippen LogP contribution >= 0.6 is 0 Å². The molecule has 4 nitrogen and oxygen atoms in total. The van der Waals surface area contributed by atoms with Crippen molar-refractivity contribution >= 4 is 0 Å². The van der Waals surface area contributed by atoms with Gasteiger partial charge >= 0.3 is 0 Å². The third kappa shape index (κ3) is 8.55. The van der Waals surface area contributed by atoms with Crippen molar-refractivity contribution in [1.29, 1.82) is 0 Å². The van der Waals surface area contributed by atoms with Crippen molar-refractivity contribution in [3.8, 4) is 0 Å². The molecule has 0 heterocycles. The van der Waals surface area contributed by atoms with E-state index in [1.165, 1.54) is 0 Å². The van der Waals surface area contributed by atoms with Crippen molar-refractivity contribution in [3.05, 3.63) is 0 Å². The molecule has 0 aromatic heterocycles. The van der Waals surface area contributed by atoms with Gasteiger partial charge in [-0.1, -0.05) is 13.8 Å². The van der Waals surface area contributed by atoms with Crippen LogP contribution < -0.4 is 5.73 Å². The van der Waals surface area contributed by atoms with E-state index in [1.54, 1.807) is 14.2 Å². The van der Waals surface area contributed by atoms with Gasteiger partial charge < -0.3 is 15.2 Å². The zero-order valence-corrected chi connectivity index (χ0v) is 12.1. The van der Waals surface area contributed by atoms with Crippen LogP contribution in [0.4, 0.5) is 0 Å². The molecule has 0 aliphatic carbocycles. The number of methoxy groups -OCH3 is 2. The largest absolute Gasteiger partial charge is 0.383 e. The standard InChI is InChI=1S/C13H30N2O2/c1-11(2)8-13(14)9-15(6-7-16-4)12(3)10-17-5/h11-13H,6-10,14H2,1-5H3. The highest BCUT2D eigenvalue weighted by molar-refractivity contribution is 4.74. The molecule has 2 N–H and O–H groups in total. The van der Waals surface area contributed by atoms with Gasteiger partial charge in [-0.2, -0.15) is 0 Å². The van der Waals surface area contributed by atoms with E-state index in [9.17, 15) is 0 Å². The summed E-state index contributed by atoms with van der Waals surface area (Å²) in [5, 5.41) is 0. The molecule has 0 aliphatic rings. The molecule has 0 aliphatic heterocycles. The smallest absolute Gasteiger partial charge is 0.0615 e. The third-order valence-corrected chi connectivity index (χ3v) is 2.86. The van der Waals surface area contributed by atoms with Gasteiger partial charge in [0.2, 0.25) is 0 Å². The van der Waals surface area contributed by atoms with E-state index in [1.807, 2.05) is 0 Å². The average Bonchev–Trinajstić information content (AvgIpc) is 2.23. The predicted octanol–water partition coefficient (Wildman–Crippen LogP) is 1.34. The molecule has 2 atom stereocenters. The summed E-state index contributed by atoms with van der Waals surface area (Å²) in [6, 6.07) is 0.611.